The molecule has 0 aliphatic carbocycles. The van der Waals surface area contributed by atoms with Gasteiger partial charge < -0.3 is 4.98 Å². The lowest BCUT2D eigenvalue weighted by atomic mass is 9.96. The summed E-state index contributed by atoms with van der Waals surface area (Å²) in [7, 11) is 0. The van der Waals surface area contributed by atoms with Crippen LogP contribution in [0.3, 0.4) is 0 Å². The predicted molar refractivity (Wildman–Crippen MR) is 110 cm³/mol. The van der Waals surface area contributed by atoms with Gasteiger partial charge in [-0.1, -0.05) is 72.8 Å². The largest absolute Gasteiger partial charge is 0.302 e. The van der Waals surface area contributed by atoms with E-state index in [1.807, 2.05) is 24.3 Å². The molecule has 29 heavy (non-hydrogen) atoms. The van der Waals surface area contributed by atoms with Crippen LogP contribution in [0.4, 0.5) is 0 Å². The molecule has 1 N–H and O–H groups in total. The molecule has 2 aromatic heterocycles. The number of aromatic amines is 1. The zero-order valence-corrected chi connectivity index (χ0v) is 16.1. The van der Waals surface area contributed by atoms with Crippen LogP contribution in [0.5, 0.6) is 0 Å². The van der Waals surface area contributed by atoms with E-state index in [1.165, 1.54) is 5.56 Å². The third kappa shape index (κ3) is 3.99. The average molecular weight is 387 g/mol. The smallest absolute Gasteiger partial charge is 0.281 e. The molecule has 0 aliphatic rings. The second-order valence-corrected chi connectivity index (χ2v) is 7.05. The monoisotopic (exact) mass is 387 g/mol. The Bertz CT molecular complexity index is 1180. The maximum atomic E-state index is 12.7. The summed E-state index contributed by atoms with van der Waals surface area (Å²) in [4.78, 5) is 31.9. The number of rotatable bonds is 7. The first kappa shape index (κ1) is 18.7. The van der Waals surface area contributed by atoms with E-state index in [2.05, 4.69) is 39.3 Å². The van der Waals surface area contributed by atoms with E-state index in [1.54, 1.807) is 28.9 Å². The van der Waals surface area contributed by atoms with Crippen LogP contribution in [0.25, 0.3) is 11.2 Å². The van der Waals surface area contributed by atoms with Gasteiger partial charge >= 0.3 is 0 Å². The van der Waals surface area contributed by atoms with Crippen LogP contribution >= 0.6 is 0 Å². The molecular weight excluding hydrogens is 366 g/mol. The lowest BCUT2D eigenvalue weighted by Gasteiger charge is -2.11. The van der Waals surface area contributed by atoms with Gasteiger partial charge in [0.2, 0.25) is 5.78 Å². The molecule has 0 aliphatic heterocycles. The highest BCUT2D eigenvalue weighted by Gasteiger charge is 2.17. The number of ketones is 1. The van der Waals surface area contributed by atoms with Crippen LogP contribution in [0.2, 0.25) is 0 Å². The summed E-state index contributed by atoms with van der Waals surface area (Å²) < 4.78 is 1.60. The summed E-state index contributed by atoms with van der Waals surface area (Å²) >= 11 is 0. The first-order chi connectivity index (χ1) is 14.1. The van der Waals surface area contributed by atoms with Crippen molar-refractivity contribution in [1.29, 1.82) is 0 Å². The molecule has 1 atom stereocenters. The molecule has 0 spiro atoms. The molecule has 7 heteroatoms. The molecule has 2 aromatic carbocycles. The molecule has 0 amide bonds. The van der Waals surface area contributed by atoms with Gasteiger partial charge in [-0.2, -0.15) is 0 Å². The van der Waals surface area contributed by atoms with E-state index in [0.717, 1.165) is 12.8 Å². The van der Waals surface area contributed by atoms with Crippen molar-refractivity contribution in [3.05, 3.63) is 88.0 Å². The molecule has 0 fully saturated rings. The van der Waals surface area contributed by atoms with Crippen LogP contribution in [0, 0.1) is 0 Å². The number of nitrogens with zero attached hydrogens (tertiary/aromatic N) is 4. The highest BCUT2D eigenvalue weighted by atomic mass is 16.1. The molecule has 1 unspecified atom stereocenters. The fraction of sp³-hybridized carbons (Fsp3) is 0.227. The third-order valence-corrected chi connectivity index (χ3v) is 5.00. The van der Waals surface area contributed by atoms with Crippen molar-refractivity contribution in [2.24, 2.45) is 0 Å². The Kier molecular flexibility index (Phi) is 5.29. The average Bonchev–Trinajstić information content (AvgIpc) is 3.18. The van der Waals surface area contributed by atoms with Gasteiger partial charge in [0.25, 0.3) is 5.56 Å². The van der Waals surface area contributed by atoms with E-state index in [4.69, 9.17) is 0 Å². The van der Waals surface area contributed by atoms with Crippen molar-refractivity contribution in [2.75, 3.05) is 0 Å². The molecule has 4 rings (SSSR count). The normalized spacial score (nSPS) is 12.2. The number of hydrogen-bond acceptors (Lipinski definition) is 5. The van der Waals surface area contributed by atoms with Gasteiger partial charge in [0.1, 0.15) is 0 Å². The van der Waals surface area contributed by atoms with Gasteiger partial charge in [-0.25, -0.2) is 9.67 Å². The quantitative estimate of drug-likeness (QED) is 0.491. The number of nitrogens with one attached hydrogen (secondary N) is 1. The molecular formula is C22H21N5O2. The van der Waals surface area contributed by atoms with Gasteiger partial charge in [0.15, 0.2) is 17.0 Å². The first-order valence-electron chi connectivity index (χ1n) is 9.61. The van der Waals surface area contributed by atoms with E-state index >= 15 is 0 Å². The lowest BCUT2D eigenvalue weighted by Crippen LogP contribution is -2.17. The van der Waals surface area contributed by atoms with Crippen molar-refractivity contribution in [1.82, 2.24) is 25.0 Å². The van der Waals surface area contributed by atoms with Crippen molar-refractivity contribution in [2.45, 2.75) is 32.2 Å². The number of aromatic nitrogens is 5. The summed E-state index contributed by atoms with van der Waals surface area (Å²) in [6.07, 6.45) is 1.81. The zero-order valence-electron chi connectivity index (χ0n) is 16.1. The van der Waals surface area contributed by atoms with E-state index in [0.29, 0.717) is 23.7 Å². The Morgan fingerprint density at radius 1 is 1.07 bits per heavy atom. The first-order valence-corrected chi connectivity index (χ1v) is 9.61. The summed E-state index contributed by atoms with van der Waals surface area (Å²) in [6, 6.07) is 19.1. The van der Waals surface area contributed by atoms with Gasteiger partial charge in [0.05, 0.1) is 0 Å². The van der Waals surface area contributed by atoms with Crippen LogP contribution in [-0.2, 0) is 6.54 Å². The van der Waals surface area contributed by atoms with Crippen molar-refractivity contribution in [3.8, 4) is 0 Å². The van der Waals surface area contributed by atoms with Gasteiger partial charge in [-0.15, -0.1) is 5.10 Å². The highest BCUT2D eigenvalue weighted by molar-refractivity contribution is 6.06. The molecule has 0 radical (unpaired) electrons. The Balaban J connectivity index is 1.54. The Morgan fingerprint density at radius 2 is 1.76 bits per heavy atom. The zero-order chi connectivity index (χ0) is 20.2. The number of fused-ring (bicyclic) bond motifs is 1. The van der Waals surface area contributed by atoms with E-state index in [9.17, 15) is 9.59 Å². The van der Waals surface area contributed by atoms with Gasteiger partial charge in [0, 0.05) is 12.1 Å². The van der Waals surface area contributed by atoms with Crippen LogP contribution in [0.15, 0.2) is 65.5 Å². The lowest BCUT2D eigenvalue weighted by molar-refractivity contribution is 0.102. The topological polar surface area (TPSA) is 93.5 Å². The molecule has 0 bridgehead atoms. The van der Waals surface area contributed by atoms with Crippen LogP contribution in [0.1, 0.15) is 47.4 Å². The summed E-state index contributed by atoms with van der Waals surface area (Å²) in [6.45, 7) is 2.76. The minimum Gasteiger partial charge on any atom is -0.302 e. The second-order valence-electron chi connectivity index (χ2n) is 7.05. The summed E-state index contributed by atoms with van der Waals surface area (Å²) in [5, 5.41) is 8.01. The fourth-order valence-electron chi connectivity index (χ4n) is 3.35. The molecule has 0 saturated carbocycles. The molecule has 4 aromatic rings. The molecule has 2 heterocycles. The van der Waals surface area contributed by atoms with Gasteiger partial charge in [-0.3, -0.25) is 9.59 Å². The minimum atomic E-state index is -0.460. The Labute approximate surface area is 167 Å². The minimum absolute atomic E-state index is 0.00472. The fourth-order valence-corrected chi connectivity index (χ4v) is 3.35. The number of H-pyrrole nitrogens is 1. The number of hydrogen-bond donors (Lipinski definition) is 1. The SMILES string of the molecule is CC(CCCn1nnc2c(=O)[nH]c(C(=O)c3ccccc3)nc21)c1ccccc1. The van der Waals surface area contributed by atoms with Crippen molar-refractivity contribution < 1.29 is 4.79 Å². The maximum absolute atomic E-state index is 12.7. The number of carbonyl (C=O) groups excluding carboxylic acids is 1. The number of carbonyl (C=O) groups is 1. The maximum Gasteiger partial charge on any atom is 0.281 e. The van der Waals surface area contributed by atoms with Crippen LogP contribution < -0.4 is 5.56 Å². The Hall–Kier alpha value is -3.61. The summed E-state index contributed by atoms with van der Waals surface area (Å²) in [5.41, 5.74) is 1.77. The summed E-state index contributed by atoms with van der Waals surface area (Å²) in [5.74, 6) is 0.0718. The highest BCUT2D eigenvalue weighted by Crippen LogP contribution is 2.20. The standard InChI is InChI=1S/C22H21N5O2/c1-15(16-10-4-2-5-11-16)9-8-14-27-21-18(25-26-27)22(29)24-20(23-21)19(28)17-12-6-3-7-13-17/h2-7,10-13,15H,8-9,14H2,1H3,(H,23,24,29). The Morgan fingerprint density at radius 3 is 2.48 bits per heavy atom. The van der Waals surface area contributed by atoms with Crippen molar-refractivity contribution >= 4 is 16.9 Å². The number of benzene rings is 2. The van der Waals surface area contributed by atoms with E-state index in [-0.39, 0.29) is 17.1 Å². The third-order valence-electron chi connectivity index (χ3n) is 5.00. The van der Waals surface area contributed by atoms with Crippen molar-refractivity contribution in [3.63, 3.8) is 0 Å². The second kappa shape index (κ2) is 8.18. The van der Waals surface area contributed by atoms with Gasteiger partial charge in [-0.05, 0) is 24.3 Å². The number of aryl methyl sites for hydroxylation is 1. The van der Waals surface area contributed by atoms with E-state index < -0.39 is 5.56 Å². The molecule has 146 valence electrons. The predicted octanol–water partition coefficient (Wildman–Crippen LogP) is 3.33. The molecule has 7 nitrogen and oxygen atoms in total. The molecule has 0 saturated heterocycles. The van der Waals surface area contributed by atoms with Crippen LogP contribution in [-0.4, -0.2) is 30.7 Å².